The summed E-state index contributed by atoms with van der Waals surface area (Å²) in [5, 5.41) is 3.43. The highest BCUT2D eigenvalue weighted by molar-refractivity contribution is 7.17. The van der Waals surface area contributed by atoms with Crippen LogP contribution in [0.2, 0.25) is 0 Å². The average Bonchev–Trinajstić information content (AvgIpc) is 2.51. The molecule has 0 spiro atoms. The molecule has 1 aliphatic rings. The van der Waals surface area contributed by atoms with Crippen molar-refractivity contribution in [1.29, 1.82) is 0 Å². The molecule has 0 radical (unpaired) electrons. The van der Waals surface area contributed by atoms with E-state index < -0.39 is 0 Å². The number of carbonyl (C=O) groups is 2. The summed E-state index contributed by atoms with van der Waals surface area (Å²) < 4.78 is 5.34. The number of aryl methyl sites for hydroxylation is 1. The molecule has 0 saturated carbocycles. The number of hydrogen-bond acceptors (Lipinski definition) is 4. The van der Waals surface area contributed by atoms with E-state index in [0.717, 1.165) is 31.2 Å². The quantitative estimate of drug-likeness (QED) is 0.685. The first kappa shape index (κ1) is 15.0. The van der Waals surface area contributed by atoms with E-state index in [9.17, 15) is 9.59 Å². The Hall–Kier alpha value is -1.36. The van der Waals surface area contributed by atoms with Crippen molar-refractivity contribution in [3.63, 3.8) is 0 Å². The number of amides is 1. The summed E-state index contributed by atoms with van der Waals surface area (Å²) >= 11 is 1.53. The average molecular weight is 295 g/mol. The Morgan fingerprint density at radius 2 is 1.90 bits per heavy atom. The fraction of sp³-hybridized carbons (Fsp3) is 0.600. The van der Waals surface area contributed by atoms with Crippen molar-refractivity contribution < 1.29 is 14.3 Å². The van der Waals surface area contributed by atoms with E-state index in [1.165, 1.54) is 29.6 Å². The van der Waals surface area contributed by atoms with E-state index in [1.54, 1.807) is 0 Å². The Labute approximate surface area is 123 Å². The fourth-order valence-corrected chi connectivity index (χ4v) is 3.80. The summed E-state index contributed by atoms with van der Waals surface area (Å²) in [5.41, 5.74) is 1.66. The molecule has 0 aliphatic heterocycles. The number of esters is 1. The molecule has 5 heteroatoms. The van der Waals surface area contributed by atoms with E-state index in [4.69, 9.17) is 4.74 Å². The standard InChI is InChI=1S/C15H21NO3S/c1-9(2)19-15(18)13-11-7-5-4-6-8-12(11)20-14(13)16-10(3)17/h9H,4-8H2,1-3H3,(H,16,17). The van der Waals surface area contributed by atoms with Crippen molar-refractivity contribution >= 4 is 28.2 Å². The predicted octanol–water partition coefficient (Wildman–Crippen LogP) is 3.54. The molecule has 1 aromatic rings. The second kappa shape index (κ2) is 6.39. The molecule has 0 bridgehead atoms. The lowest BCUT2D eigenvalue weighted by Gasteiger charge is -2.10. The van der Waals surface area contributed by atoms with E-state index in [0.29, 0.717) is 10.6 Å². The van der Waals surface area contributed by atoms with Gasteiger partial charge in [-0.2, -0.15) is 0 Å². The fourth-order valence-electron chi connectivity index (χ4n) is 2.48. The molecule has 110 valence electrons. The molecule has 4 nitrogen and oxygen atoms in total. The topological polar surface area (TPSA) is 55.4 Å². The van der Waals surface area contributed by atoms with Gasteiger partial charge in [0, 0.05) is 11.8 Å². The van der Waals surface area contributed by atoms with Crippen LogP contribution in [-0.2, 0) is 22.4 Å². The van der Waals surface area contributed by atoms with E-state index in [2.05, 4.69) is 5.32 Å². The van der Waals surface area contributed by atoms with Gasteiger partial charge in [0.1, 0.15) is 5.00 Å². The van der Waals surface area contributed by atoms with E-state index in [-0.39, 0.29) is 18.0 Å². The number of hydrogen-bond donors (Lipinski definition) is 1. The van der Waals surface area contributed by atoms with Crippen LogP contribution in [0.15, 0.2) is 0 Å². The first-order chi connectivity index (χ1) is 9.49. The maximum Gasteiger partial charge on any atom is 0.341 e. The smallest absolute Gasteiger partial charge is 0.341 e. The van der Waals surface area contributed by atoms with Crippen molar-refractivity contribution in [2.75, 3.05) is 5.32 Å². The lowest BCUT2D eigenvalue weighted by Crippen LogP contribution is -2.16. The van der Waals surface area contributed by atoms with E-state index >= 15 is 0 Å². The maximum atomic E-state index is 12.3. The lowest BCUT2D eigenvalue weighted by atomic mass is 10.1. The van der Waals surface area contributed by atoms with Crippen molar-refractivity contribution in [2.45, 2.75) is 59.0 Å². The molecule has 0 saturated heterocycles. The minimum Gasteiger partial charge on any atom is -0.459 e. The van der Waals surface area contributed by atoms with Crippen LogP contribution in [0.25, 0.3) is 0 Å². The highest BCUT2D eigenvalue weighted by Gasteiger charge is 2.26. The van der Waals surface area contributed by atoms with Gasteiger partial charge in [-0.25, -0.2) is 4.79 Å². The molecule has 0 atom stereocenters. The summed E-state index contributed by atoms with van der Waals surface area (Å²) in [4.78, 5) is 24.9. The number of rotatable bonds is 3. The molecule has 20 heavy (non-hydrogen) atoms. The number of carbonyl (C=O) groups excluding carboxylic acids is 2. The third-order valence-corrected chi connectivity index (χ3v) is 4.46. The second-order valence-electron chi connectivity index (χ2n) is 5.40. The van der Waals surface area contributed by atoms with Crippen molar-refractivity contribution in [1.82, 2.24) is 0 Å². The maximum absolute atomic E-state index is 12.3. The number of thiophene rings is 1. The summed E-state index contributed by atoms with van der Waals surface area (Å²) in [6.45, 7) is 5.13. The number of ether oxygens (including phenoxy) is 1. The largest absolute Gasteiger partial charge is 0.459 e. The first-order valence-electron chi connectivity index (χ1n) is 7.12. The predicted molar refractivity (Wildman–Crippen MR) is 80.4 cm³/mol. The Balaban J connectivity index is 2.41. The molecule has 1 heterocycles. The van der Waals surface area contributed by atoms with Crippen molar-refractivity contribution in [3.05, 3.63) is 16.0 Å². The third kappa shape index (κ3) is 3.39. The molecule has 1 N–H and O–H groups in total. The Bertz CT molecular complexity index is 519. The van der Waals surface area contributed by atoms with Crippen LogP contribution >= 0.6 is 11.3 Å². The number of nitrogens with one attached hydrogen (secondary N) is 1. The van der Waals surface area contributed by atoms with Crippen LogP contribution in [0.5, 0.6) is 0 Å². The second-order valence-corrected chi connectivity index (χ2v) is 6.51. The van der Waals surface area contributed by atoms with Crippen LogP contribution in [0.4, 0.5) is 5.00 Å². The van der Waals surface area contributed by atoms with Gasteiger partial charge in [-0.15, -0.1) is 11.3 Å². The van der Waals surface area contributed by atoms with Gasteiger partial charge in [0.2, 0.25) is 5.91 Å². The molecular formula is C15H21NO3S. The Morgan fingerprint density at radius 1 is 1.20 bits per heavy atom. The summed E-state index contributed by atoms with van der Waals surface area (Å²) in [5.74, 6) is -0.469. The molecule has 2 rings (SSSR count). The first-order valence-corrected chi connectivity index (χ1v) is 7.93. The molecule has 0 aromatic carbocycles. The zero-order chi connectivity index (χ0) is 14.7. The van der Waals surface area contributed by atoms with Crippen LogP contribution in [0.3, 0.4) is 0 Å². The zero-order valence-electron chi connectivity index (χ0n) is 12.2. The highest BCUT2D eigenvalue weighted by atomic mass is 32.1. The minimum absolute atomic E-state index is 0.153. The van der Waals surface area contributed by atoms with Crippen LogP contribution in [0, 0.1) is 0 Å². The van der Waals surface area contributed by atoms with E-state index in [1.807, 2.05) is 13.8 Å². The third-order valence-electron chi connectivity index (χ3n) is 3.26. The Morgan fingerprint density at radius 3 is 2.55 bits per heavy atom. The molecule has 1 aliphatic carbocycles. The highest BCUT2D eigenvalue weighted by Crippen LogP contribution is 2.38. The summed E-state index contributed by atoms with van der Waals surface area (Å²) in [6.07, 6.45) is 5.15. The summed E-state index contributed by atoms with van der Waals surface area (Å²) in [6, 6.07) is 0. The van der Waals surface area contributed by atoms with Gasteiger partial charge < -0.3 is 10.1 Å². The normalized spacial score (nSPS) is 14.6. The van der Waals surface area contributed by atoms with Gasteiger partial charge in [-0.3, -0.25) is 4.79 Å². The van der Waals surface area contributed by atoms with Crippen LogP contribution in [-0.4, -0.2) is 18.0 Å². The van der Waals surface area contributed by atoms with Gasteiger partial charge >= 0.3 is 5.97 Å². The van der Waals surface area contributed by atoms with Crippen molar-refractivity contribution in [2.24, 2.45) is 0 Å². The lowest BCUT2D eigenvalue weighted by molar-refractivity contribution is -0.114. The van der Waals surface area contributed by atoms with Gasteiger partial charge in [-0.1, -0.05) is 6.42 Å². The molecule has 0 unspecified atom stereocenters. The SMILES string of the molecule is CC(=O)Nc1sc2c(c1C(=O)OC(C)C)CCCCC2. The van der Waals surface area contributed by atoms with Gasteiger partial charge in [0.05, 0.1) is 11.7 Å². The van der Waals surface area contributed by atoms with Gasteiger partial charge in [-0.05, 0) is 45.1 Å². The zero-order valence-corrected chi connectivity index (χ0v) is 13.1. The number of fused-ring (bicyclic) bond motifs is 1. The van der Waals surface area contributed by atoms with Crippen LogP contribution in [0.1, 0.15) is 60.8 Å². The number of anilines is 1. The minimum atomic E-state index is -0.317. The van der Waals surface area contributed by atoms with Crippen molar-refractivity contribution in [3.8, 4) is 0 Å². The Kier molecular flexibility index (Phi) is 4.81. The molecule has 1 aromatic heterocycles. The van der Waals surface area contributed by atoms with Crippen LogP contribution < -0.4 is 5.32 Å². The molecule has 0 fully saturated rings. The molecular weight excluding hydrogens is 274 g/mol. The molecule has 1 amide bonds. The van der Waals surface area contributed by atoms with Gasteiger partial charge in [0.25, 0.3) is 0 Å². The monoisotopic (exact) mass is 295 g/mol. The van der Waals surface area contributed by atoms with Gasteiger partial charge in [0.15, 0.2) is 0 Å². The summed E-state index contributed by atoms with van der Waals surface area (Å²) in [7, 11) is 0.